The van der Waals surface area contributed by atoms with E-state index in [9.17, 15) is 10.0 Å². The van der Waals surface area contributed by atoms with Crippen molar-refractivity contribution in [3.05, 3.63) is 76.6 Å². The molecule has 2 aromatic rings. The second-order valence-electron chi connectivity index (χ2n) is 7.37. The van der Waals surface area contributed by atoms with Gasteiger partial charge in [-0.2, -0.15) is 0 Å². The van der Waals surface area contributed by atoms with E-state index in [0.717, 1.165) is 23.5 Å². The number of rotatable bonds is 8. The van der Waals surface area contributed by atoms with Crippen molar-refractivity contribution in [2.75, 3.05) is 20.3 Å². The third kappa shape index (κ3) is 4.33. The van der Waals surface area contributed by atoms with Crippen LogP contribution in [0.3, 0.4) is 0 Å². The summed E-state index contributed by atoms with van der Waals surface area (Å²) < 4.78 is 11.2. The van der Waals surface area contributed by atoms with E-state index < -0.39 is 5.97 Å². The van der Waals surface area contributed by atoms with Crippen LogP contribution < -0.4 is 4.74 Å². The van der Waals surface area contributed by atoms with E-state index in [1.807, 2.05) is 36.4 Å². The van der Waals surface area contributed by atoms with Crippen molar-refractivity contribution in [1.29, 1.82) is 0 Å². The molecular weight excluding hydrogens is 406 g/mol. The van der Waals surface area contributed by atoms with Crippen LogP contribution in [0.5, 0.6) is 5.75 Å². The number of esters is 1. The van der Waals surface area contributed by atoms with Gasteiger partial charge in [0.15, 0.2) is 5.82 Å². The number of carbonyl (C=O) groups excluding carboxylic acids is 1. The highest BCUT2D eigenvalue weighted by molar-refractivity contribution is 6.22. The summed E-state index contributed by atoms with van der Waals surface area (Å²) in [7, 11) is 1.47. The molecule has 7 heteroatoms. The van der Waals surface area contributed by atoms with Gasteiger partial charge in [-0.1, -0.05) is 30.3 Å². The molecule has 4 rings (SSSR count). The smallest absolute Gasteiger partial charge is 0.341 e. The van der Waals surface area contributed by atoms with Gasteiger partial charge < -0.3 is 9.47 Å². The molecule has 2 aliphatic rings. The minimum atomic E-state index is -0.537. The molecule has 0 bridgehead atoms. The van der Waals surface area contributed by atoms with E-state index >= 15 is 0 Å². The van der Waals surface area contributed by atoms with Gasteiger partial charge in [0.05, 0.1) is 24.5 Å². The van der Waals surface area contributed by atoms with Gasteiger partial charge in [0.1, 0.15) is 5.75 Å². The summed E-state index contributed by atoms with van der Waals surface area (Å²) in [6.07, 6.45) is 4.93. The van der Waals surface area contributed by atoms with E-state index in [-0.39, 0.29) is 12.2 Å². The molecule has 0 unspecified atom stereocenters. The van der Waals surface area contributed by atoms with Crippen LogP contribution in [0.1, 0.15) is 30.0 Å². The number of aliphatic imine (C=N–C) groups is 2. The summed E-state index contributed by atoms with van der Waals surface area (Å²) in [5, 5.41) is 11.3. The number of ether oxygens (including phenoxy) is 2. The molecule has 0 radical (unpaired) electrons. The first-order valence-electron chi connectivity index (χ1n) is 10.6. The lowest BCUT2D eigenvalue weighted by atomic mass is 10.0. The van der Waals surface area contributed by atoms with Gasteiger partial charge in [0.2, 0.25) is 0 Å². The van der Waals surface area contributed by atoms with Crippen LogP contribution in [0.25, 0.3) is 11.3 Å². The molecular formula is C25H25N3O4. The van der Waals surface area contributed by atoms with Gasteiger partial charge in [0, 0.05) is 30.6 Å². The van der Waals surface area contributed by atoms with Crippen molar-refractivity contribution in [3.8, 4) is 5.75 Å². The molecule has 164 valence electrons. The molecule has 0 saturated heterocycles. The highest BCUT2D eigenvalue weighted by atomic mass is 16.5. The molecule has 0 fully saturated rings. The summed E-state index contributed by atoms with van der Waals surface area (Å²) in [4.78, 5) is 21.4. The van der Waals surface area contributed by atoms with Gasteiger partial charge >= 0.3 is 5.97 Å². The Bertz CT molecular complexity index is 1120. The number of hydrogen-bond acceptors (Lipinski definition) is 7. The van der Waals surface area contributed by atoms with Gasteiger partial charge in [-0.3, -0.25) is 10.3 Å². The molecule has 2 aromatic carbocycles. The molecule has 1 aliphatic carbocycles. The zero-order valence-electron chi connectivity index (χ0n) is 18.1. The first kappa shape index (κ1) is 21.5. The normalized spacial score (nSPS) is 14.2. The summed E-state index contributed by atoms with van der Waals surface area (Å²) in [6, 6.07) is 15.8. The molecule has 0 spiro atoms. The van der Waals surface area contributed by atoms with Crippen LogP contribution >= 0.6 is 0 Å². The first-order valence-corrected chi connectivity index (χ1v) is 10.6. The number of carbonyl (C=O) groups is 1. The first-order chi connectivity index (χ1) is 15.6. The van der Waals surface area contributed by atoms with Crippen LogP contribution in [0.4, 0.5) is 0 Å². The largest absolute Gasteiger partial charge is 0.494 e. The Morgan fingerprint density at radius 1 is 1.06 bits per heavy atom. The molecule has 7 nitrogen and oxygen atoms in total. The van der Waals surface area contributed by atoms with E-state index in [0.29, 0.717) is 35.0 Å². The summed E-state index contributed by atoms with van der Waals surface area (Å²) in [6.45, 7) is 2.50. The van der Waals surface area contributed by atoms with Crippen LogP contribution in [-0.2, 0) is 16.0 Å². The fraction of sp³-hybridized carbons (Fsp3) is 0.240. The lowest BCUT2D eigenvalue weighted by molar-refractivity contribution is -0.138. The third-order valence-corrected chi connectivity index (χ3v) is 5.21. The summed E-state index contributed by atoms with van der Waals surface area (Å²) >= 11 is 0. The Kier molecular flexibility index (Phi) is 6.47. The predicted molar refractivity (Wildman–Crippen MR) is 124 cm³/mol. The quantitative estimate of drug-likeness (QED) is 0.386. The monoisotopic (exact) mass is 431 g/mol. The average Bonchev–Trinajstić information content (AvgIpc) is 3.43. The minimum absolute atomic E-state index is 0.214. The fourth-order valence-electron chi connectivity index (χ4n) is 3.87. The van der Waals surface area contributed by atoms with Gasteiger partial charge in [0.25, 0.3) is 0 Å². The number of aryl methyl sites for hydroxylation is 1. The van der Waals surface area contributed by atoms with Gasteiger partial charge in [-0.05, 0) is 49.1 Å². The van der Waals surface area contributed by atoms with Crippen molar-refractivity contribution < 1.29 is 19.5 Å². The maximum absolute atomic E-state index is 12.8. The molecule has 1 aliphatic heterocycles. The van der Waals surface area contributed by atoms with Crippen LogP contribution in [-0.4, -0.2) is 48.9 Å². The number of hydrogen-bond donors (Lipinski definition) is 1. The van der Waals surface area contributed by atoms with Crippen LogP contribution in [0, 0.1) is 0 Å². The number of hydroxylamine groups is 2. The molecule has 1 N–H and O–H groups in total. The predicted octanol–water partition coefficient (Wildman–Crippen LogP) is 4.13. The van der Waals surface area contributed by atoms with Crippen molar-refractivity contribution >= 4 is 29.7 Å². The van der Waals surface area contributed by atoms with Gasteiger partial charge in [-0.15, -0.1) is 0 Å². The zero-order chi connectivity index (χ0) is 22.5. The lowest BCUT2D eigenvalue weighted by Crippen LogP contribution is -2.16. The summed E-state index contributed by atoms with van der Waals surface area (Å²) in [5.74, 6) is 0.524. The Balaban J connectivity index is 1.63. The van der Waals surface area contributed by atoms with E-state index in [1.165, 1.54) is 12.6 Å². The second-order valence-corrected chi connectivity index (χ2v) is 7.37. The van der Waals surface area contributed by atoms with Crippen molar-refractivity contribution in [3.63, 3.8) is 0 Å². The standard InChI is InChI=1S/C25H25N3O4/c1-3-31-25(29)22-21(24-26-13-14-27-24)19-12-11-18(16-20(19)23(22)28(2)30)32-15-7-10-17-8-5-4-6-9-17/h4-6,8-9,11-14,16,30H,3,7,10,15H2,1-2H3. The highest BCUT2D eigenvalue weighted by Gasteiger charge is 2.36. The van der Waals surface area contributed by atoms with E-state index in [2.05, 4.69) is 22.1 Å². The fourth-order valence-corrected chi connectivity index (χ4v) is 3.87. The van der Waals surface area contributed by atoms with E-state index in [4.69, 9.17) is 9.47 Å². The molecule has 0 atom stereocenters. The molecule has 0 amide bonds. The minimum Gasteiger partial charge on any atom is -0.494 e. The second kappa shape index (κ2) is 9.62. The lowest BCUT2D eigenvalue weighted by Gasteiger charge is -2.16. The van der Waals surface area contributed by atoms with Crippen molar-refractivity contribution in [2.24, 2.45) is 9.98 Å². The Hall–Kier alpha value is -3.71. The third-order valence-electron chi connectivity index (χ3n) is 5.21. The maximum Gasteiger partial charge on any atom is 0.341 e. The average molecular weight is 431 g/mol. The molecule has 32 heavy (non-hydrogen) atoms. The van der Waals surface area contributed by atoms with Crippen molar-refractivity contribution in [1.82, 2.24) is 5.06 Å². The van der Waals surface area contributed by atoms with Crippen LogP contribution in [0.15, 0.2) is 69.9 Å². The Morgan fingerprint density at radius 3 is 2.50 bits per heavy atom. The number of fused-ring (bicyclic) bond motifs is 1. The van der Waals surface area contributed by atoms with Crippen molar-refractivity contribution in [2.45, 2.75) is 19.8 Å². The highest BCUT2D eigenvalue weighted by Crippen LogP contribution is 2.46. The Morgan fingerprint density at radius 2 is 1.81 bits per heavy atom. The number of nitrogens with zero attached hydrogens (tertiary/aromatic N) is 3. The van der Waals surface area contributed by atoms with Crippen LogP contribution in [0.2, 0.25) is 0 Å². The van der Waals surface area contributed by atoms with Gasteiger partial charge in [-0.25, -0.2) is 14.8 Å². The SMILES string of the molecule is CCOC(=O)C1=C(N(C)O)c2cc(OCCCc3ccccc3)ccc2C1=C1N=CC=N1. The van der Waals surface area contributed by atoms with E-state index in [1.54, 1.807) is 19.4 Å². The summed E-state index contributed by atoms with van der Waals surface area (Å²) in [5.41, 5.74) is 3.79. The Labute approximate surface area is 187 Å². The molecule has 0 saturated carbocycles. The number of benzene rings is 2. The molecule has 0 aromatic heterocycles. The molecule has 1 heterocycles. The zero-order valence-corrected chi connectivity index (χ0v) is 18.1. The maximum atomic E-state index is 12.8. The topological polar surface area (TPSA) is 83.7 Å².